The molecule has 1 aromatic carbocycles. The monoisotopic (exact) mass is 391 g/mol. The van der Waals surface area contributed by atoms with E-state index in [9.17, 15) is 9.18 Å². The summed E-state index contributed by atoms with van der Waals surface area (Å²) in [6.07, 6.45) is 6.25. The lowest BCUT2D eigenvalue weighted by Crippen LogP contribution is -2.31. The van der Waals surface area contributed by atoms with Crippen LogP contribution in [0.2, 0.25) is 0 Å². The highest BCUT2D eigenvalue weighted by Crippen LogP contribution is 2.49. The molecule has 29 heavy (non-hydrogen) atoms. The van der Waals surface area contributed by atoms with Crippen LogP contribution in [-0.4, -0.2) is 4.57 Å². The van der Waals surface area contributed by atoms with Gasteiger partial charge in [-0.25, -0.2) is 4.39 Å². The van der Waals surface area contributed by atoms with Gasteiger partial charge in [0.05, 0.1) is 5.69 Å². The van der Waals surface area contributed by atoms with Crippen molar-refractivity contribution in [3.8, 4) is 11.3 Å². The smallest absolute Gasteiger partial charge is 0.258 e. The molecule has 2 nitrogen and oxygen atoms in total. The minimum atomic E-state index is -0.260. The number of hydrogen-bond acceptors (Lipinski definition) is 1. The molecule has 3 rings (SSSR count). The Kier molecular flexibility index (Phi) is 5.29. The number of hydrogen-bond donors (Lipinski definition) is 0. The van der Waals surface area contributed by atoms with E-state index < -0.39 is 0 Å². The molecule has 0 fully saturated rings. The van der Waals surface area contributed by atoms with Crippen molar-refractivity contribution in [3.63, 3.8) is 0 Å². The molecule has 0 saturated carbocycles. The van der Waals surface area contributed by atoms with Crippen molar-refractivity contribution in [2.45, 2.75) is 47.0 Å². The number of allylic oxidation sites excluding steroid dienone is 3. The summed E-state index contributed by atoms with van der Waals surface area (Å²) in [4.78, 5) is 13.0. The largest absolute Gasteiger partial charge is 0.311 e. The van der Waals surface area contributed by atoms with E-state index >= 15 is 0 Å². The summed E-state index contributed by atoms with van der Waals surface area (Å²) >= 11 is 0. The standard InChI is InChI=1S/C26H30FNO/c1-9-10-11-17-16(4)23(27)14-20-19(17)13-22(26(5,6)7)21-12-18(15(2)3)25(29)28(8)24(20)21/h9-12,14,22H,1-2,13H2,3-8H3/b11-10-. The Morgan fingerprint density at radius 1 is 1.31 bits per heavy atom. The summed E-state index contributed by atoms with van der Waals surface area (Å²) in [6, 6.07) is 3.57. The van der Waals surface area contributed by atoms with Crippen molar-refractivity contribution in [1.82, 2.24) is 4.57 Å². The maximum absolute atomic E-state index is 14.9. The highest BCUT2D eigenvalue weighted by molar-refractivity contribution is 5.79. The zero-order valence-electron chi connectivity index (χ0n) is 18.3. The van der Waals surface area contributed by atoms with Crippen LogP contribution < -0.4 is 5.56 Å². The molecule has 1 aromatic heterocycles. The lowest BCUT2D eigenvalue weighted by atomic mass is 9.67. The summed E-state index contributed by atoms with van der Waals surface area (Å²) in [6.45, 7) is 18.0. The molecule has 0 saturated heterocycles. The first-order valence-corrected chi connectivity index (χ1v) is 10.00. The topological polar surface area (TPSA) is 22.0 Å². The van der Waals surface area contributed by atoms with Crippen LogP contribution in [0, 0.1) is 18.2 Å². The molecule has 0 bridgehead atoms. The van der Waals surface area contributed by atoms with Crippen molar-refractivity contribution in [3.05, 3.63) is 81.4 Å². The Morgan fingerprint density at radius 2 is 1.97 bits per heavy atom. The molecule has 1 atom stereocenters. The Hall–Kier alpha value is -2.68. The van der Waals surface area contributed by atoms with Gasteiger partial charge in [-0.3, -0.25) is 4.79 Å². The molecule has 3 heteroatoms. The van der Waals surface area contributed by atoms with E-state index in [1.54, 1.807) is 23.8 Å². The van der Waals surface area contributed by atoms with Crippen molar-refractivity contribution in [1.29, 1.82) is 0 Å². The molecule has 0 N–H and O–H groups in total. The van der Waals surface area contributed by atoms with Crippen LogP contribution in [0.4, 0.5) is 4.39 Å². The molecule has 2 aromatic rings. The third-order valence-corrected chi connectivity index (χ3v) is 6.07. The van der Waals surface area contributed by atoms with Gasteiger partial charge < -0.3 is 4.57 Å². The summed E-state index contributed by atoms with van der Waals surface area (Å²) in [5.74, 6) is -0.0697. The van der Waals surface area contributed by atoms with E-state index in [0.29, 0.717) is 11.1 Å². The molecule has 1 aliphatic rings. The molecule has 1 unspecified atom stereocenters. The molecule has 1 aliphatic carbocycles. The summed E-state index contributed by atoms with van der Waals surface area (Å²) in [5, 5.41) is 0. The number of benzene rings is 1. The van der Waals surface area contributed by atoms with Crippen molar-refractivity contribution in [2.75, 3.05) is 0 Å². The minimum absolute atomic E-state index is 0.0299. The molecule has 0 aliphatic heterocycles. The fraction of sp³-hybridized carbons (Fsp3) is 0.346. The Labute approximate surface area is 173 Å². The summed E-state index contributed by atoms with van der Waals surface area (Å²) in [5.41, 5.74) is 6.56. The number of nitrogens with zero attached hydrogens (tertiary/aromatic N) is 1. The average molecular weight is 392 g/mol. The lowest BCUT2D eigenvalue weighted by molar-refractivity contribution is 0.314. The summed E-state index contributed by atoms with van der Waals surface area (Å²) < 4.78 is 16.6. The van der Waals surface area contributed by atoms with E-state index in [0.717, 1.165) is 39.9 Å². The van der Waals surface area contributed by atoms with Gasteiger partial charge in [-0.2, -0.15) is 0 Å². The van der Waals surface area contributed by atoms with Gasteiger partial charge in [-0.05, 0) is 71.6 Å². The first-order chi connectivity index (χ1) is 13.5. The lowest BCUT2D eigenvalue weighted by Gasteiger charge is -2.38. The van der Waals surface area contributed by atoms with Gasteiger partial charge in [0.1, 0.15) is 5.82 Å². The Morgan fingerprint density at radius 3 is 2.52 bits per heavy atom. The van der Waals surface area contributed by atoms with Crippen LogP contribution in [0.15, 0.2) is 42.2 Å². The van der Waals surface area contributed by atoms with Gasteiger partial charge >= 0.3 is 0 Å². The number of rotatable bonds is 3. The second-order valence-electron chi connectivity index (χ2n) is 9.15. The van der Waals surface area contributed by atoms with Crippen LogP contribution in [0.5, 0.6) is 0 Å². The minimum Gasteiger partial charge on any atom is -0.311 e. The van der Waals surface area contributed by atoms with Gasteiger partial charge in [0.15, 0.2) is 0 Å². The number of fused-ring (bicyclic) bond motifs is 3. The van der Waals surface area contributed by atoms with Gasteiger partial charge in [-0.15, -0.1) is 0 Å². The van der Waals surface area contributed by atoms with Crippen molar-refractivity contribution in [2.24, 2.45) is 12.5 Å². The van der Waals surface area contributed by atoms with E-state index in [2.05, 4.69) is 33.9 Å². The average Bonchev–Trinajstić information content (AvgIpc) is 2.63. The van der Waals surface area contributed by atoms with E-state index in [-0.39, 0.29) is 22.7 Å². The normalized spacial score (nSPS) is 15.9. The zero-order chi connectivity index (χ0) is 21.7. The number of aromatic nitrogens is 1. The van der Waals surface area contributed by atoms with Gasteiger partial charge in [0, 0.05) is 18.2 Å². The first kappa shape index (κ1) is 21.0. The predicted octanol–water partition coefficient (Wildman–Crippen LogP) is 6.42. The SMILES string of the molecule is C=C/C=C\c1c(C)c(F)cc2c1CC(C(C)(C)C)c1cc(C(=C)C)c(=O)n(C)c1-2. The predicted molar refractivity (Wildman–Crippen MR) is 122 cm³/mol. The molecule has 0 amide bonds. The summed E-state index contributed by atoms with van der Waals surface area (Å²) in [7, 11) is 1.78. The van der Waals surface area contributed by atoms with E-state index in [1.165, 1.54) is 0 Å². The molecule has 152 valence electrons. The second-order valence-corrected chi connectivity index (χ2v) is 9.15. The quantitative estimate of drug-likeness (QED) is 0.554. The van der Waals surface area contributed by atoms with Gasteiger partial charge in [0.2, 0.25) is 0 Å². The number of pyridine rings is 1. The Balaban J connectivity index is 2.49. The van der Waals surface area contributed by atoms with Crippen LogP contribution in [0.3, 0.4) is 0 Å². The highest BCUT2D eigenvalue weighted by Gasteiger charge is 2.36. The Bertz CT molecular complexity index is 1110. The fourth-order valence-electron chi connectivity index (χ4n) is 4.40. The fourth-order valence-corrected chi connectivity index (χ4v) is 4.40. The zero-order valence-corrected chi connectivity index (χ0v) is 18.3. The molecule has 1 heterocycles. The van der Waals surface area contributed by atoms with E-state index in [4.69, 9.17) is 0 Å². The van der Waals surface area contributed by atoms with E-state index in [1.807, 2.05) is 32.1 Å². The number of halogens is 1. The highest BCUT2D eigenvalue weighted by atomic mass is 19.1. The van der Waals surface area contributed by atoms with Crippen LogP contribution >= 0.6 is 0 Å². The maximum Gasteiger partial charge on any atom is 0.258 e. The second kappa shape index (κ2) is 7.29. The molecule has 0 spiro atoms. The third kappa shape index (κ3) is 3.43. The molecular weight excluding hydrogens is 361 g/mol. The first-order valence-electron chi connectivity index (χ1n) is 10.00. The molecule has 0 radical (unpaired) electrons. The van der Waals surface area contributed by atoms with Crippen LogP contribution in [-0.2, 0) is 13.5 Å². The van der Waals surface area contributed by atoms with Crippen molar-refractivity contribution >= 4 is 11.6 Å². The van der Waals surface area contributed by atoms with Gasteiger partial charge in [-0.1, -0.05) is 52.2 Å². The van der Waals surface area contributed by atoms with Crippen LogP contribution in [0.1, 0.15) is 61.4 Å². The maximum atomic E-state index is 14.9. The van der Waals surface area contributed by atoms with Crippen LogP contribution in [0.25, 0.3) is 22.9 Å². The van der Waals surface area contributed by atoms with Gasteiger partial charge in [0.25, 0.3) is 5.56 Å². The van der Waals surface area contributed by atoms with Crippen molar-refractivity contribution < 1.29 is 4.39 Å². The molecular formula is C26H30FNO. The third-order valence-electron chi connectivity index (χ3n) is 6.07.